The van der Waals surface area contributed by atoms with Crippen molar-refractivity contribution in [1.82, 2.24) is 4.98 Å². The van der Waals surface area contributed by atoms with Crippen molar-refractivity contribution in [2.75, 3.05) is 7.11 Å². The standard InChI is InChI=1S/C11H10BrNO/c1-14-11-6-8-4-2-3-5-9(8)13-10(11)7-12/h2-6H,7H2,1H3. The lowest BCUT2D eigenvalue weighted by Gasteiger charge is -2.06. The maximum Gasteiger partial charge on any atom is 0.141 e. The van der Waals surface area contributed by atoms with Crippen molar-refractivity contribution >= 4 is 26.8 Å². The predicted molar refractivity (Wildman–Crippen MR) is 60.9 cm³/mol. The third-order valence-corrected chi connectivity index (χ3v) is 2.64. The first-order chi connectivity index (χ1) is 6.85. The Kier molecular flexibility index (Phi) is 2.68. The monoisotopic (exact) mass is 251 g/mol. The molecule has 14 heavy (non-hydrogen) atoms. The van der Waals surface area contributed by atoms with Crippen LogP contribution in [0, 0.1) is 0 Å². The number of nitrogens with zero attached hydrogens (tertiary/aromatic N) is 1. The van der Waals surface area contributed by atoms with Crippen LogP contribution in [0.4, 0.5) is 0 Å². The number of aromatic nitrogens is 1. The minimum Gasteiger partial charge on any atom is -0.495 e. The molecule has 0 aliphatic rings. The van der Waals surface area contributed by atoms with Crippen molar-refractivity contribution in [3.05, 3.63) is 36.0 Å². The lowest BCUT2D eigenvalue weighted by molar-refractivity contribution is 0.410. The lowest BCUT2D eigenvalue weighted by atomic mass is 10.2. The van der Waals surface area contributed by atoms with Gasteiger partial charge in [0.1, 0.15) is 5.75 Å². The molecule has 0 aliphatic heterocycles. The molecule has 0 bridgehead atoms. The summed E-state index contributed by atoms with van der Waals surface area (Å²) >= 11 is 3.39. The number of pyridine rings is 1. The smallest absolute Gasteiger partial charge is 0.141 e. The van der Waals surface area contributed by atoms with Crippen molar-refractivity contribution in [3.8, 4) is 5.75 Å². The second-order valence-electron chi connectivity index (χ2n) is 2.96. The Balaban J connectivity index is 2.69. The van der Waals surface area contributed by atoms with Gasteiger partial charge in [0.15, 0.2) is 0 Å². The number of alkyl halides is 1. The topological polar surface area (TPSA) is 22.1 Å². The summed E-state index contributed by atoms with van der Waals surface area (Å²) in [5, 5.41) is 1.81. The van der Waals surface area contributed by atoms with E-state index in [2.05, 4.69) is 20.9 Å². The molecule has 72 valence electrons. The number of ether oxygens (including phenoxy) is 1. The largest absolute Gasteiger partial charge is 0.495 e. The first-order valence-electron chi connectivity index (χ1n) is 4.34. The van der Waals surface area contributed by atoms with Crippen LogP contribution in [0.15, 0.2) is 30.3 Å². The Morgan fingerprint density at radius 1 is 1.36 bits per heavy atom. The fourth-order valence-corrected chi connectivity index (χ4v) is 1.81. The van der Waals surface area contributed by atoms with Gasteiger partial charge in [-0.15, -0.1) is 0 Å². The first kappa shape index (κ1) is 9.46. The van der Waals surface area contributed by atoms with Gasteiger partial charge in [0.05, 0.1) is 18.3 Å². The Morgan fingerprint density at radius 3 is 2.86 bits per heavy atom. The molecule has 0 radical (unpaired) electrons. The quantitative estimate of drug-likeness (QED) is 0.766. The van der Waals surface area contributed by atoms with Crippen LogP contribution in [0.3, 0.4) is 0 Å². The summed E-state index contributed by atoms with van der Waals surface area (Å²) < 4.78 is 5.25. The summed E-state index contributed by atoms with van der Waals surface area (Å²) in [5.41, 5.74) is 1.94. The van der Waals surface area contributed by atoms with Crippen molar-refractivity contribution < 1.29 is 4.74 Å². The van der Waals surface area contributed by atoms with Crippen LogP contribution in [0.25, 0.3) is 10.9 Å². The zero-order valence-electron chi connectivity index (χ0n) is 7.83. The number of para-hydroxylation sites is 1. The number of benzene rings is 1. The summed E-state index contributed by atoms with van der Waals surface area (Å²) in [7, 11) is 1.66. The highest BCUT2D eigenvalue weighted by Gasteiger charge is 2.04. The molecule has 0 saturated carbocycles. The van der Waals surface area contributed by atoms with E-state index in [1.165, 1.54) is 0 Å². The maximum absolute atomic E-state index is 5.25. The van der Waals surface area contributed by atoms with E-state index in [9.17, 15) is 0 Å². The highest BCUT2D eigenvalue weighted by atomic mass is 79.9. The van der Waals surface area contributed by atoms with Gasteiger partial charge in [-0.25, -0.2) is 4.98 Å². The Morgan fingerprint density at radius 2 is 2.14 bits per heavy atom. The summed E-state index contributed by atoms with van der Waals surface area (Å²) in [6.07, 6.45) is 0. The highest BCUT2D eigenvalue weighted by Crippen LogP contribution is 2.24. The van der Waals surface area contributed by atoms with Gasteiger partial charge in [-0.1, -0.05) is 34.1 Å². The molecular weight excluding hydrogens is 242 g/mol. The average Bonchev–Trinajstić information content (AvgIpc) is 2.27. The Bertz CT molecular complexity index is 413. The van der Waals surface area contributed by atoms with Gasteiger partial charge in [-0.2, -0.15) is 0 Å². The summed E-state index contributed by atoms with van der Waals surface area (Å²) in [4.78, 5) is 4.49. The molecule has 1 heterocycles. The van der Waals surface area contributed by atoms with Gasteiger partial charge >= 0.3 is 0 Å². The van der Waals surface area contributed by atoms with Crippen LogP contribution >= 0.6 is 15.9 Å². The molecular formula is C11H10BrNO. The van der Waals surface area contributed by atoms with Crippen LogP contribution in [-0.2, 0) is 5.33 Å². The number of methoxy groups -OCH3 is 1. The SMILES string of the molecule is COc1cc2ccccc2nc1CBr. The molecule has 0 fully saturated rings. The summed E-state index contributed by atoms with van der Waals surface area (Å²) in [5.74, 6) is 0.834. The van der Waals surface area contributed by atoms with E-state index in [1.807, 2.05) is 30.3 Å². The third kappa shape index (κ3) is 1.60. The van der Waals surface area contributed by atoms with Gasteiger partial charge < -0.3 is 4.74 Å². The molecule has 1 aromatic heterocycles. The lowest BCUT2D eigenvalue weighted by Crippen LogP contribution is -1.93. The van der Waals surface area contributed by atoms with Crippen LogP contribution in [0.5, 0.6) is 5.75 Å². The molecule has 1 aromatic carbocycles. The molecule has 2 rings (SSSR count). The van der Waals surface area contributed by atoms with Gasteiger partial charge in [0.25, 0.3) is 0 Å². The fraction of sp³-hybridized carbons (Fsp3) is 0.182. The van der Waals surface area contributed by atoms with E-state index in [4.69, 9.17) is 4.74 Å². The van der Waals surface area contributed by atoms with Crippen molar-refractivity contribution in [2.45, 2.75) is 5.33 Å². The zero-order chi connectivity index (χ0) is 9.97. The molecule has 0 N–H and O–H groups in total. The molecule has 0 saturated heterocycles. The highest BCUT2D eigenvalue weighted by molar-refractivity contribution is 9.08. The zero-order valence-corrected chi connectivity index (χ0v) is 9.41. The minimum atomic E-state index is 0.709. The van der Waals surface area contributed by atoms with Crippen LogP contribution < -0.4 is 4.74 Å². The maximum atomic E-state index is 5.25. The summed E-state index contributed by atoms with van der Waals surface area (Å²) in [6, 6.07) is 10.0. The van der Waals surface area contributed by atoms with Crippen LogP contribution in [-0.4, -0.2) is 12.1 Å². The van der Waals surface area contributed by atoms with Gasteiger partial charge in [0, 0.05) is 10.7 Å². The van der Waals surface area contributed by atoms with Crippen molar-refractivity contribution in [1.29, 1.82) is 0 Å². The van der Waals surface area contributed by atoms with E-state index in [0.717, 1.165) is 22.3 Å². The van der Waals surface area contributed by atoms with E-state index < -0.39 is 0 Å². The Hall–Kier alpha value is -1.09. The molecule has 3 heteroatoms. The van der Waals surface area contributed by atoms with Crippen molar-refractivity contribution in [3.63, 3.8) is 0 Å². The number of hydrogen-bond donors (Lipinski definition) is 0. The molecule has 2 aromatic rings. The van der Waals surface area contributed by atoms with Gasteiger partial charge in [-0.3, -0.25) is 0 Å². The second kappa shape index (κ2) is 3.96. The number of hydrogen-bond acceptors (Lipinski definition) is 2. The van der Waals surface area contributed by atoms with Gasteiger partial charge in [-0.05, 0) is 12.1 Å². The van der Waals surface area contributed by atoms with Crippen LogP contribution in [0.1, 0.15) is 5.69 Å². The molecule has 0 spiro atoms. The Labute approximate surface area is 91.0 Å². The van der Waals surface area contributed by atoms with Gasteiger partial charge in [0.2, 0.25) is 0 Å². The van der Waals surface area contributed by atoms with E-state index in [-0.39, 0.29) is 0 Å². The molecule has 0 amide bonds. The van der Waals surface area contributed by atoms with Crippen LogP contribution in [0.2, 0.25) is 0 Å². The predicted octanol–water partition coefficient (Wildman–Crippen LogP) is 3.14. The third-order valence-electron chi connectivity index (χ3n) is 2.11. The van der Waals surface area contributed by atoms with E-state index >= 15 is 0 Å². The molecule has 0 atom stereocenters. The molecule has 0 aliphatic carbocycles. The first-order valence-corrected chi connectivity index (χ1v) is 5.46. The minimum absolute atomic E-state index is 0.709. The van der Waals surface area contributed by atoms with Crippen molar-refractivity contribution in [2.24, 2.45) is 0 Å². The fourth-order valence-electron chi connectivity index (χ4n) is 1.41. The second-order valence-corrected chi connectivity index (χ2v) is 3.52. The molecule has 0 unspecified atom stereocenters. The average molecular weight is 252 g/mol. The van der Waals surface area contributed by atoms with E-state index in [0.29, 0.717) is 5.33 Å². The number of fused-ring (bicyclic) bond motifs is 1. The van der Waals surface area contributed by atoms with E-state index in [1.54, 1.807) is 7.11 Å². The number of halogens is 1. The summed E-state index contributed by atoms with van der Waals surface area (Å²) in [6.45, 7) is 0. The molecule has 2 nitrogen and oxygen atoms in total. The normalized spacial score (nSPS) is 10.4. The number of rotatable bonds is 2.